The second-order valence-electron chi connectivity index (χ2n) is 5.73. The van der Waals surface area contributed by atoms with Crippen molar-refractivity contribution >= 4 is 11.5 Å². The maximum absolute atomic E-state index is 10.9. The van der Waals surface area contributed by atoms with Crippen LogP contribution in [-0.4, -0.2) is 35.6 Å². The van der Waals surface area contributed by atoms with Crippen molar-refractivity contribution in [1.29, 1.82) is 0 Å². The number of nitrogens with zero attached hydrogens (tertiary/aromatic N) is 3. The maximum Gasteiger partial charge on any atom is 0.274 e. The van der Waals surface area contributed by atoms with Crippen molar-refractivity contribution in [3.63, 3.8) is 0 Å². The van der Waals surface area contributed by atoms with Crippen molar-refractivity contribution in [2.45, 2.75) is 31.7 Å². The van der Waals surface area contributed by atoms with E-state index in [1.54, 1.807) is 12.3 Å². The molecule has 0 amide bonds. The normalized spacial score (nSPS) is 22.5. The van der Waals surface area contributed by atoms with E-state index in [9.17, 15) is 10.1 Å². The molecule has 20 heavy (non-hydrogen) atoms. The van der Waals surface area contributed by atoms with Gasteiger partial charge in [0.2, 0.25) is 0 Å². The van der Waals surface area contributed by atoms with Gasteiger partial charge in [-0.1, -0.05) is 0 Å². The largest absolute Gasteiger partial charge is 0.353 e. The summed E-state index contributed by atoms with van der Waals surface area (Å²) in [7, 11) is 0. The lowest BCUT2D eigenvalue weighted by Gasteiger charge is -2.31. The summed E-state index contributed by atoms with van der Waals surface area (Å²) < 4.78 is 0. The van der Waals surface area contributed by atoms with Crippen LogP contribution in [0.5, 0.6) is 0 Å². The minimum atomic E-state index is -0.349. The van der Waals surface area contributed by atoms with E-state index >= 15 is 0 Å². The van der Waals surface area contributed by atoms with Gasteiger partial charge in [0.25, 0.3) is 5.69 Å². The lowest BCUT2D eigenvalue weighted by Crippen LogP contribution is -2.39. The Morgan fingerprint density at radius 3 is 2.95 bits per heavy atom. The first-order chi connectivity index (χ1) is 9.74. The van der Waals surface area contributed by atoms with E-state index in [1.807, 2.05) is 0 Å². The molecule has 1 aliphatic carbocycles. The quantitative estimate of drug-likeness (QED) is 0.657. The minimum absolute atomic E-state index is 0.127. The summed E-state index contributed by atoms with van der Waals surface area (Å²) in [5, 5.41) is 14.3. The van der Waals surface area contributed by atoms with E-state index in [1.165, 1.54) is 31.7 Å². The fourth-order valence-corrected chi connectivity index (χ4v) is 2.85. The standard InChI is InChI=1S/C14H20N4O2/c19-18(20)13-5-7-16-14(8-13)17(12-3-4-12)10-11-2-1-6-15-9-11/h5,7-8,11-12,15H,1-4,6,9-10H2. The number of pyridine rings is 1. The van der Waals surface area contributed by atoms with Crippen molar-refractivity contribution in [2.75, 3.05) is 24.5 Å². The van der Waals surface area contributed by atoms with E-state index in [0.717, 1.165) is 25.5 Å². The van der Waals surface area contributed by atoms with Crippen molar-refractivity contribution in [3.8, 4) is 0 Å². The predicted octanol–water partition coefficient (Wildman–Crippen LogP) is 1.96. The van der Waals surface area contributed by atoms with Crippen LogP contribution in [0.2, 0.25) is 0 Å². The number of nitrogens with one attached hydrogen (secondary N) is 1. The SMILES string of the molecule is O=[N+]([O-])c1ccnc(N(CC2CCCNC2)C2CC2)c1. The highest BCUT2D eigenvalue weighted by atomic mass is 16.6. The van der Waals surface area contributed by atoms with Gasteiger partial charge in [-0.25, -0.2) is 4.98 Å². The molecular weight excluding hydrogens is 256 g/mol. The van der Waals surface area contributed by atoms with Crippen LogP contribution in [0.25, 0.3) is 0 Å². The zero-order valence-electron chi connectivity index (χ0n) is 11.5. The highest BCUT2D eigenvalue weighted by Crippen LogP contribution is 2.33. The number of hydrogen-bond acceptors (Lipinski definition) is 5. The predicted molar refractivity (Wildman–Crippen MR) is 76.9 cm³/mol. The highest BCUT2D eigenvalue weighted by Gasteiger charge is 2.32. The molecule has 2 heterocycles. The third kappa shape index (κ3) is 3.07. The number of aromatic nitrogens is 1. The average molecular weight is 276 g/mol. The molecule has 0 radical (unpaired) electrons. The maximum atomic E-state index is 10.9. The number of hydrogen-bond donors (Lipinski definition) is 1. The van der Waals surface area contributed by atoms with Crippen LogP contribution < -0.4 is 10.2 Å². The lowest BCUT2D eigenvalue weighted by molar-refractivity contribution is -0.384. The molecule has 0 bridgehead atoms. The van der Waals surface area contributed by atoms with Crippen LogP contribution in [0.15, 0.2) is 18.3 Å². The summed E-state index contributed by atoms with van der Waals surface area (Å²) in [6, 6.07) is 3.58. The number of piperidine rings is 1. The van der Waals surface area contributed by atoms with Gasteiger partial charge in [-0.3, -0.25) is 10.1 Å². The molecule has 3 rings (SSSR count). The van der Waals surface area contributed by atoms with Crippen molar-refractivity contribution < 1.29 is 4.92 Å². The summed E-state index contributed by atoms with van der Waals surface area (Å²) in [5.41, 5.74) is 0.127. The van der Waals surface area contributed by atoms with Gasteiger partial charge in [0.1, 0.15) is 5.82 Å². The van der Waals surface area contributed by atoms with E-state index in [0.29, 0.717) is 12.0 Å². The first-order valence-electron chi connectivity index (χ1n) is 7.32. The molecule has 0 aromatic carbocycles. The summed E-state index contributed by atoms with van der Waals surface area (Å²) in [4.78, 5) is 17.2. The minimum Gasteiger partial charge on any atom is -0.353 e. The van der Waals surface area contributed by atoms with Gasteiger partial charge in [0.05, 0.1) is 11.0 Å². The van der Waals surface area contributed by atoms with Crippen molar-refractivity contribution in [3.05, 3.63) is 28.4 Å². The molecule has 1 aromatic heterocycles. The molecule has 1 N–H and O–H groups in total. The van der Waals surface area contributed by atoms with Gasteiger partial charge < -0.3 is 10.2 Å². The Morgan fingerprint density at radius 1 is 1.45 bits per heavy atom. The Labute approximate surface area is 118 Å². The number of anilines is 1. The Kier molecular flexibility index (Phi) is 3.82. The van der Waals surface area contributed by atoms with Crippen LogP contribution in [0.3, 0.4) is 0 Å². The van der Waals surface area contributed by atoms with E-state index in [-0.39, 0.29) is 10.6 Å². The van der Waals surface area contributed by atoms with Crippen LogP contribution in [0.4, 0.5) is 11.5 Å². The second kappa shape index (κ2) is 5.75. The molecule has 1 saturated carbocycles. The Balaban J connectivity index is 1.75. The third-order valence-electron chi connectivity index (χ3n) is 4.08. The molecule has 1 aliphatic heterocycles. The molecule has 2 fully saturated rings. The second-order valence-corrected chi connectivity index (χ2v) is 5.73. The zero-order valence-corrected chi connectivity index (χ0v) is 11.5. The average Bonchev–Trinajstić information content (AvgIpc) is 3.30. The number of nitro groups is 1. The topological polar surface area (TPSA) is 71.3 Å². The monoisotopic (exact) mass is 276 g/mol. The molecule has 1 atom stereocenters. The molecule has 6 nitrogen and oxygen atoms in total. The fourth-order valence-electron chi connectivity index (χ4n) is 2.85. The van der Waals surface area contributed by atoms with Crippen LogP contribution in [-0.2, 0) is 0 Å². The van der Waals surface area contributed by atoms with Gasteiger partial charge in [0.15, 0.2) is 0 Å². The number of rotatable bonds is 5. The molecule has 1 aromatic rings. The Morgan fingerprint density at radius 2 is 2.30 bits per heavy atom. The smallest absolute Gasteiger partial charge is 0.274 e. The van der Waals surface area contributed by atoms with Gasteiger partial charge in [0, 0.05) is 24.8 Å². The molecular formula is C14H20N4O2. The lowest BCUT2D eigenvalue weighted by atomic mass is 9.99. The van der Waals surface area contributed by atoms with E-state index in [2.05, 4.69) is 15.2 Å². The van der Waals surface area contributed by atoms with E-state index in [4.69, 9.17) is 0 Å². The van der Waals surface area contributed by atoms with Crippen LogP contribution >= 0.6 is 0 Å². The van der Waals surface area contributed by atoms with Gasteiger partial charge in [-0.15, -0.1) is 0 Å². The summed E-state index contributed by atoms with van der Waals surface area (Å²) >= 11 is 0. The summed E-state index contributed by atoms with van der Waals surface area (Å²) in [6.45, 7) is 3.10. The fraction of sp³-hybridized carbons (Fsp3) is 0.643. The summed E-state index contributed by atoms with van der Waals surface area (Å²) in [5.74, 6) is 1.37. The molecule has 2 aliphatic rings. The van der Waals surface area contributed by atoms with Crippen LogP contribution in [0, 0.1) is 16.0 Å². The van der Waals surface area contributed by atoms with Crippen molar-refractivity contribution in [2.24, 2.45) is 5.92 Å². The molecule has 0 spiro atoms. The van der Waals surface area contributed by atoms with Crippen LogP contribution in [0.1, 0.15) is 25.7 Å². The Hall–Kier alpha value is -1.69. The zero-order chi connectivity index (χ0) is 13.9. The molecule has 1 saturated heterocycles. The highest BCUT2D eigenvalue weighted by molar-refractivity contribution is 5.48. The van der Waals surface area contributed by atoms with Gasteiger partial charge in [-0.2, -0.15) is 0 Å². The van der Waals surface area contributed by atoms with Gasteiger partial charge in [-0.05, 0) is 44.7 Å². The first kappa shape index (κ1) is 13.3. The molecule has 108 valence electrons. The molecule has 6 heteroatoms. The van der Waals surface area contributed by atoms with E-state index < -0.39 is 0 Å². The third-order valence-corrected chi connectivity index (χ3v) is 4.08. The van der Waals surface area contributed by atoms with Crippen molar-refractivity contribution in [1.82, 2.24) is 10.3 Å². The molecule has 1 unspecified atom stereocenters. The summed E-state index contributed by atoms with van der Waals surface area (Å²) in [6.07, 6.45) is 6.33. The first-order valence-corrected chi connectivity index (χ1v) is 7.32. The van der Waals surface area contributed by atoms with Gasteiger partial charge >= 0.3 is 0 Å². The Bertz CT molecular complexity index is 484.